The van der Waals surface area contributed by atoms with Gasteiger partial charge in [0.1, 0.15) is 36.6 Å². The standard InChI is InChI=1S/C6H13O38P/c7-1-2(8)4(10)6(5(11)3(1)9)15-45(14,43-41-39-37-35-33-31-29-27-25-23-21-19-17-13)44-42-40-38-36-34-32-30-28-26-24-22-20-18-16-12/h1-13H/t1?,2-,3?,4?,5?,6?,45?/m1/s1. The van der Waals surface area contributed by atoms with E-state index in [1.807, 2.05) is 0 Å². The first-order valence-corrected chi connectivity index (χ1v) is 10.6. The molecular weight excluding hydrogens is 711 g/mol. The number of aliphatic hydroxyl groups is 5. The summed E-state index contributed by atoms with van der Waals surface area (Å²) in [5.41, 5.74) is 0. The van der Waals surface area contributed by atoms with E-state index < -0.39 is 44.4 Å². The average Bonchev–Trinajstić information content (AvgIpc) is 3.03. The lowest BCUT2D eigenvalue weighted by molar-refractivity contribution is -0.882. The summed E-state index contributed by atoms with van der Waals surface area (Å²) in [4.78, 5) is 0. The molecule has 1 rings (SSSR count). The van der Waals surface area contributed by atoms with Crippen LogP contribution in [0.4, 0.5) is 0 Å². The molecule has 0 aromatic heterocycles. The molecule has 6 unspecified atom stereocenters. The maximum absolute atomic E-state index is 12.6. The molecule has 0 bridgehead atoms. The monoisotopic (exact) mass is 724 g/mol. The van der Waals surface area contributed by atoms with Gasteiger partial charge in [0, 0.05) is 0 Å². The lowest BCUT2D eigenvalue weighted by Gasteiger charge is -2.41. The number of hydrogen-bond donors (Lipinski definition) is 7. The van der Waals surface area contributed by atoms with Crippen LogP contribution in [0.5, 0.6) is 0 Å². The minimum absolute atomic E-state index is 2.12. The zero-order chi connectivity index (χ0) is 33.2. The Kier molecular flexibility index (Phi) is 24.9. The zero-order valence-electron chi connectivity index (χ0n) is 19.7. The van der Waals surface area contributed by atoms with Gasteiger partial charge in [-0.05, 0) is 136 Å². The molecule has 1 fully saturated rings. The summed E-state index contributed by atoms with van der Waals surface area (Å²) in [6.07, 6.45) is -13.5. The van der Waals surface area contributed by atoms with Crippen molar-refractivity contribution in [3.8, 4) is 0 Å². The lowest BCUT2D eigenvalue weighted by Crippen LogP contribution is -2.64. The Balaban J connectivity index is 2.37. The SMILES string of the molecule is O=P(OOOOOOOOOOOOOOO)(OOOOOOOOOOOOOOOO)OC1C(O)C(O)C(O)[C@@H](O)C1O. The Bertz CT molecular complexity index is 690. The van der Waals surface area contributed by atoms with E-state index in [9.17, 15) is 30.1 Å². The largest absolute Gasteiger partial charge is 0.534 e. The Morgan fingerprint density at radius 1 is 0.333 bits per heavy atom. The van der Waals surface area contributed by atoms with Crippen LogP contribution in [0.25, 0.3) is 0 Å². The van der Waals surface area contributed by atoms with Crippen LogP contribution in [-0.2, 0) is 154 Å². The van der Waals surface area contributed by atoms with E-state index in [1.54, 1.807) is 0 Å². The van der Waals surface area contributed by atoms with Crippen molar-refractivity contribution in [2.24, 2.45) is 0 Å². The Hall–Kier alpha value is -1.25. The van der Waals surface area contributed by atoms with Crippen molar-refractivity contribution in [1.29, 1.82) is 0 Å². The number of aliphatic hydroxyl groups excluding tert-OH is 5. The van der Waals surface area contributed by atoms with Gasteiger partial charge in [0.25, 0.3) is 0 Å². The summed E-state index contributed by atoms with van der Waals surface area (Å²) in [7, 11) is -5.59. The van der Waals surface area contributed by atoms with Crippen molar-refractivity contribution in [2.75, 3.05) is 0 Å². The number of rotatable bonds is 31. The molecule has 1 aliphatic rings. The van der Waals surface area contributed by atoms with Crippen LogP contribution < -0.4 is 0 Å². The van der Waals surface area contributed by atoms with Crippen molar-refractivity contribution in [3.63, 3.8) is 0 Å². The summed E-state index contributed by atoms with van der Waals surface area (Å²) < 4.78 is 25.1. The summed E-state index contributed by atoms with van der Waals surface area (Å²) in [6, 6.07) is 0. The van der Waals surface area contributed by atoms with Gasteiger partial charge in [0.15, 0.2) is 0 Å². The maximum atomic E-state index is 12.6. The van der Waals surface area contributed by atoms with Crippen LogP contribution in [0, 0.1) is 0 Å². The molecule has 0 aliphatic heterocycles. The Morgan fingerprint density at radius 3 is 0.822 bits per heavy atom. The molecule has 7 N–H and O–H groups in total. The van der Waals surface area contributed by atoms with Crippen molar-refractivity contribution in [3.05, 3.63) is 0 Å². The summed E-state index contributed by atoms with van der Waals surface area (Å²) in [5.74, 6) is 0. The highest BCUT2D eigenvalue weighted by Crippen LogP contribution is 2.52. The quantitative estimate of drug-likeness (QED) is 0.0153. The Morgan fingerprint density at radius 2 is 0.556 bits per heavy atom. The smallest absolute Gasteiger partial charge is 0.387 e. The van der Waals surface area contributed by atoms with Gasteiger partial charge in [-0.3, -0.25) is 4.52 Å². The molecule has 0 aromatic carbocycles. The van der Waals surface area contributed by atoms with E-state index in [2.05, 4.69) is 150 Å². The highest BCUT2D eigenvalue weighted by atomic mass is 31.2. The van der Waals surface area contributed by atoms with E-state index in [4.69, 9.17) is 10.5 Å². The van der Waals surface area contributed by atoms with Crippen LogP contribution in [0.2, 0.25) is 0 Å². The van der Waals surface area contributed by atoms with Crippen molar-refractivity contribution in [1.82, 2.24) is 0 Å². The summed E-state index contributed by atoms with van der Waals surface area (Å²) >= 11 is 0. The van der Waals surface area contributed by atoms with Crippen molar-refractivity contribution < 1.29 is 191 Å². The van der Waals surface area contributed by atoms with E-state index in [0.717, 1.165) is 0 Å². The predicted octanol–water partition coefficient (Wildman–Crippen LogP) is -4.57. The van der Waals surface area contributed by atoms with E-state index in [0.29, 0.717) is 0 Å². The summed E-state index contributed by atoms with van der Waals surface area (Å²) in [5, 5.41) is 157. The number of hydrogen-bond acceptors (Lipinski definition) is 38. The molecule has 0 radical (unpaired) electrons. The molecule has 7 atom stereocenters. The normalized spacial score (nSPS) is 25.0. The van der Waals surface area contributed by atoms with Gasteiger partial charge in [-0.25, -0.2) is 15.1 Å². The van der Waals surface area contributed by atoms with E-state index in [-0.39, 0.29) is 0 Å². The second-order valence-corrected chi connectivity index (χ2v) is 6.87. The van der Waals surface area contributed by atoms with E-state index >= 15 is 0 Å². The summed E-state index contributed by atoms with van der Waals surface area (Å²) in [6.45, 7) is 0. The third-order valence-electron chi connectivity index (χ3n) is 3.27. The molecular formula is C6H13O38P. The van der Waals surface area contributed by atoms with Crippen molar-refractivity contribution in [2.45, 2.75) is 36.6 Å². The van der Waals surface area contributed by atoms with Crippen LogP contribution in [0.1, 0.15) is 0 Å². The molecule has 1 aliphatic carbocycles. The molecule has 270 valence electrons. The fraction of sp³-hybridized carbons (Fsp3) is 1.00. The first kappa shape index (κ1) is 41.8. The first-order valence-electron chi connectivity index (χ1n) is 9.12. The molecule has 1 saturated carbocycles. The molecule has 0 spiro atoms. The molecule has 0 amide bonds. The van der Waals surface area contributed by atoms with Crippen LogP contribution in [0.3, 0.4) is 0 Å². The third kappa shape index (κ3) is 19.2. The highest BCUT2D eigenvalue weighted by Gasteiger charge is 2.52. The molecule has 0 saturated heterocycles. The van der Waals surface area contributed by atoms with Gasteiger partial charge in [-0.15, -0.1) is 0 Å². The number of phosphoric acid groups is 1. The van der Waals surface area contributed by atoms with Crippen molar-refractivity contribution >= 4 is 7.82 Å². The lowest BCUT2D eigenvalue weighted by atomic mass is 9.85. The van der Waals surface area contributed by atoms with E-state index in [1.165, 1.54) is 0 Å². The second-order valence-electron chi connectivity index (χ2n) is 5.47. The molecule has 38 nitrogen and oxygen atoms in total. The van der Waals surface area contributed by atoms with Gasteiger partial charge in [-0.2, -0.15) is 0 Å². The minimum Gasteiger partial charge on any atom is -0.387 e. The van der Waals surface area contributed by atoms with Gasteiger partial charge in [-0.1, -0.05) is 9.35 Å². The minimum atomic E-state index is -5.59. The zero-order valence-corrected chi connectivity index (χ0v) is 20.6. The van der Waals surface area contributed by atoms with Gasteiger partial charge in [0.05, 0.1) is 0 Å². The average molecular weight is 724 g/mol. The fourth-order valence-electron chi connectivity index (χ4n) is 1.88. The van der Waals surface area contributed by atoms with Crippen LogP contribution in [0.15, 0.2) is 0 Å². The topological polar surface area (TPSA) is 436 Å². The maximum Gasteiger partial charge on any atom is 0.534 e. The first-order chi connectivity index (χ1) is 21.8. The molecule has 0 heterocycles. The molecule has 45 heavy (non-hydrogen) atoms. The molecule has 0 aromatic rings. The third-order valence-corrected chi connectivity index (χ3v) is 4.26. The van der Waals surface area contributed by atoms with Gasteiger partial charge >= 0.3 is 7.82 Å². The molecule has 39 heteroatoms. The van der Waals surface area contributed by atoms with Gasteiger partial charge in [0.2, 0.25) is 0 Å². The van der Waals surface area contributed by atoms with Gasteiger partial charge < -0.3 is 25.5 Å². The van der Waals surface area contributed by atoms with Crippen LogP contribution in [-0.4, -0.2) is 72.7 Å². The second kappa shape index (κ2) is 26.8. The van der Waals surface area contributed by atoms with Crippen LogP contribution >= 0.6 is 7.82 Å². The highest BCUT2D eigenvalue weighted by molar-refractivity contribution is 7.48. The predicted molar refractivity (Wildman–Crippen MR) is 79.2 cm³/mol. The fourth-order valence-corrected chi connectivity index (χ4v) is 2.72. The Labute approximate surface area is 236 Å².